The standard InChI is InChI=1S/C13H18IN3O/c1-8(2)17-10(4)13(9(3)16-17)15-7-11-5-6-12(14)18-11/h5-6,8,15H,7H2,1-4H3. The maximum absolute atomic E-state index is 5.54. The third kappa shape index (κ3) is 2.71. The van der Waals surface area contributed by atoms with Crippen LogP contribution < -0.4 is 5.32 Å². The number of rotatable bonds is 4. The summed E-state index contributed by atoms with van der Waals surface area (Å²) in [4.78, 5) is 0. The fourth-order valence-electron chi connectivity index (χ4n) is 2.04. The summed E-state index contributed by atoms with van der Waals surface area (Å²) >= 11 is 2.17. The van der Waals surface area contributed by atoms with Crippen molar-refractivity contribution >= 4 is 28.3 Å². The number of anilines is 1. The van der Waals surface area contributed by atoms with Gasteiger partial charge in [0.05, 0.1) is 23.6 Å². The minimum absolute atomic E-state index is 0.379. The van der Waals surface area contributed by atoms with Crippen LogP contribution in [0, 0.1) is 17.6 Å². The number of halogens is 1. The van der Waals surface area contributed by atoms with Crippen molar-refractivity contribution in [2.24, 2.45) is 0 Å². The van der Waals surface area contributed by atoms with E-state index in [0.29, 0.717) is 12.6 Å². The van der Waals surface area contributed by atoms with Gasteiger partial charge < -0.3 is 9.73 Å². The van der Waals surface area contributed by atoms with Gasteiger partial charge in [0.1, 0.15) is 5.76 Å². The van der Waals surface area contributed by atoms with Crippen molar-refractivity contribution < 1.29 is 4.42 Å². The molecule has 2 heterocycles. The number of hydrogen-bond acceptors (Lipinski definition) is 3. The molecule has 0 bridgehead atoms. The van der Waals surface area contributed by atoms with Crippen LogP contribution in [0.5, 0.6) is 0 Å². The lowest BCUT2D eigenvalue weighted by molar-refractivity contribution is 0.492. The van der Waals surface area contributed by atoms with E-state index in [4.69, 9.17) is 4.42 Å². The molecule has 0 saturated heterocycles. The molecule has 5 heteroatoms. The summed E-state index contributed by atoms with van der Waals surface area (Å²) in [6.07, 6.45) is 0. The van der Waals surface area contributed by atoms with E-state index in [2.05, 4.69) is 53.8 Å². The van der Waals surface area contributed by atoms with Crippen LogP contribution in [0.2, 0.25) is 0 Å². The molecule has 0 aromatic carbocycles. The molecule has 0 radical (unpaired) electrons. The van der Waals surface area contributed by atoms with Crippen molar-refractivity contribution in [3.63, 3.8) is 0 Å². The number of hydrogen-bond donors (Lipinski definition) is 1. The van der Waals surface area contributed by atoms with Crippen molar-refractivity contribution in [1.82, 2.24) is 9.78 Å². The Morgan fingerprint density at radius 1 is 1.39 bits per heavy atom. The molecule has 0 atom stereocenters. The van der Waals surface area contributed by atoms with Gasteiger partial charge in [0.25, 0.3) is 0 Å². The molecule has 0 aliphatic carbocycles. The molecule has 0 amide bonds. The second-order valence-corrected chi connectivity index (χ2v) is 5.71. The largest absolute Gasteiger partial charge is 0.454 e. The minimum Gasteiger partial charge on any atom is -0.454 e. The Labute approximate surface area is 121 Å². The quantitative estimate of drug-likeness (QED) is 0.843. The van der Waals surface area contributed by atoms with E-state index in [1.807, 2.05) is 23.7 Å². The Morgan fingerprint density at radius 3 is 2.61 bits per heavy atom. The Balaban J connectivity index is 2.14. The molecule has 0 saturated carbocycles. The molecule has 1 N–H and O–H groups in total. The van der Waals surface area contributed by atoms with Gasteiger partial charge in [0.15, 0.2) is 3.77 Å². The van der Waals surface area contributed by atoms with Crippen LogP contribution in [-0.4, -0.2) is 9.78 Å². The third-order valence-electron chi connectivity index (χ3n) is 2.88. The molecule has 2 aromatic heterocycles. The van der Waals surface area contributed by atoms with Gasteiger partial charge in [-0.15, -0.1) is 0 Å². The fraction of sp³-hybridized carbons (Fsp3) is 0.462. The Hall–Kier alpha value is -0.980. The van der Waals surface area contributed by atoms with Gasteiger partial charge in [-0.1, -0.05) is 0 Å². The maximum Gasteiger partial charge on any atom is 0.164 e. The third-order valence-corrected chi connectivity index (χ3v) is 3.46. The first-order valence-corrected chi connectivity index (χ1v) is 7.10. The van der Waals surface area contributed by atoms with Gasteiger partial charge >= 0.3 is 0 Å². The zero-order valence-corrected chi connectivity index (χ0v) is 13.3. The van der Waals surface area contributed by atoms with Gasteiger partial charge in [0.2, 0.25) is 0 Å². The zero-order chi connectivity index (χ0) is 13.3. The highest BCUT2D eigenvalue weighted by Crippen LogP contribution is 2.23. The summed E-state index contributed by atoms with van der Waals surface area (Å²) in [7, 11) is 0. The lowest BCUT2D eigenvalue weighted by Crippen LogP contribution is -2.06. The van der Waals surface area contributed by atoms with Crippen LogP contribution in [0.4, 0.5) is 5.69 Å². The van der Waals surface area contributed by atoms with Gasteiger partial charge in [-0.25, -0.2) is 0 Å². The average Bonchev–Trinajstić information content (AvgIpc) is 2.82. The minimum atomic E-state index is 0.379. The van der Waals surface area contributed by atoms with Crippen LogP contribution >= 0.6 is 22.6 Å². The molecule has 2 aromatic rings. The van der Waals surface area contributed by atoms with Crippen molar-refractivity contribution in [2.75, 3.05) is 5.32 Å². The van der Waals surface area contributed by atoms with Crippen molar-refractivity contribution in [1.29, 1.82) is 0 Å². The van der Waals surface area contributed by atoms with Crippen LogP contribution in [0.15, 0.2) is 16.5 Å². The van der Waals surface area contributed by atoms with E-state index in [1.165, 1.54) is 5.69 Å². The molecule has 0 aliphatic heterocycles. The first-order valence-electron chi connectivity index (χ1n) is 6.03. The second kappa shape index (κ2) is 5.34. The highest BCUT2D eigenvalue weighted by Gasteiger charge is 2.13. The summed E-state index contributed by atoms with van der Waals surface area (Å²) in [5.41, 5.74) is 3.31. The van der Waals surface area contributed by atoms with Gasteiger partial charge in [-0.3, -0.25) is 4.68 Å². The number of nitrogens with zero attached hydrogens (tertiary/aromatic N) is 2. The number of nitrogens with one attached hydrogen (secondary N) is 1. The highest BCUT2D eigenvalue weighted by atomic mass is 127. The molecule has 0 unspecified atom stereocenters. The summed E-state index contributed by atoms with van der Waals surface area (Å²) in [6, 6.07) is 4.34. The summed E-state index contributed by atoms with van der Waals surface area (Å²) in [5.74, 6) is 0.940. The molecule has 18 heavy (non-hydrogen) atoms. The van der Waals surface area contributed by atoms with Crippen molar-refractivity contribution in [3.8, 4) is 0 Å². The summed E-state index contributed by atoms with van der Waals surface area (Å²) in [6.45, 7) is 9.08. The number of furan rings is 1. The lowest BCUT2D eigenvalue weighted by atomic mass is 10.3. The van der Waals surface area contributed by atoms with Crippen molar-refractivity contribution in [2.45, 2.75) is 40.3 Å². The fourth-order valence-corrected chi connectivity index (χ4v) is 2.51. The molecule has 0 fully saturated rings. The molecule has 4 nitrogen and oxygen atoms in total. The molecule has 0 aliphatic rings. The summed E-state index contributed by atoms with van der Waals surface area (Å²) < 4.78 is 8.49. The molecular formula is C13H18IN3O. The van der Waals surface area contributed by atoms with Crippen LogP contribution in [0.25, 0.3) is 0 Å². The van der Waals surface area contributed by atoms with Gasteiger partial charge in [-0.05, 0) is 62.4 Å². The Kier molecular flexibility index (Phi) is 3.99. The average molecular weight is 359 g/mol. The monoisotopic (exact) mass is 359 g/mol. The number of aryl methyl sites for hydroxylation is 1. The first kappa shape index (κ1) is 13.5. The van der Waals surface area contributed by atoms with Crippen molar-refractivity contribution in [3.05, 3.63) is 33.0 Å². The highest BCUT2D eigenvalue weighted by molar-refractivity contribution is 14.1. The van der Waals surface area contributed by atoms with E-state index in [-0.39, 0.29) is 0 Å². The lowest BCUT2D eigenvalue weighted by Gasteiger charge is -2.09. The first-order chi connectivity index (χ1) is 8.49. The van der Waals surface area contributed by atoms with Gasteiger partial charge in [-0.2, -0.15) is 5.10 Å². The smallest absolute Gasteiger partial charge is 0.164 e. The zero-order valence-electron chi connectivity index (χ0n) is 11.1. The predicted molar refractivity (Wildman–Crippen MR) is 80.8 cm³/mol. The second-order valence-electron chi connectivity index (χ2n) is 4.64. The van der Waals surface area contributed by atoms with Crippen LogP contribution in [0.1, 0.15) is 37.0 Å². The summed E-state index contributed by atoms with van der Waals surface area (Å²) in [5, 5.41) is 7.95. The molecular weight excluding hydrogens is 341 g/mol. The van der Waals surface area contributed by atoms with Crippen LogP contribution in [0.3, 0.4) is 0 Å². The molecule has 2 rings (SSSR count). The van der Waals surface area contributed by atoms with E-state index < -0.39 is 0 Å². The normalized spacial score (nSPS) is 11.2. The Morgan fingerprint density at radius 2 is 2.11 bits per heavy atom. The van der Waals surface area contributed by atoms with Gasteiger partial charge in [0, 0.05) is 6.04 Å². The molecule has 98 valence electrons. The van der Waals surface area contributed by atoms with E-state index in [0.717, 1.165) is 20.9 Å². The Bertz CT molecular complexity index is 542. The maximum atomic E-state index is 5.54. The molecule has 0 spiro atoms. The van der Waals surface area contributed by atoms with Crippen LogP contribution in [-0.2, 0) is 6.54 Å². The van der Waals surface area contributed by atoms with E-state index in [1.54, 1.807) is 0 Å². The van der Waals surface area contributed by atoms with E-state index >= 15 is 0 Å². The SMILES string of the molecule is Cc1nn(C(C)C)c(C)c1NCc1ccc(I)o1. The van der Waals surface area contributed by atoms with E-state index in [9.17, 15) is 0 Å². The predicted octanol–water partition coefficient (Wildman–Crippen LogP) is 3.89. The topological polar surface area (TPSA) is 43.0 Å². The number of aromatic nitrogens is 2.